The van der Waals surface area contributed by atoms with Crippen LogP contribution in [0.25, 0.3) is 71.6 Å². The van der Waals surface area contributed by atoms with Gasteiger partial charge < -0.3 is 9.40 Å². The Labute approximate surface area is 328 Å². The molecule has 56 heavy (non-hydrogen) atoms. The first-order valence-corrected chi connectivity index (χ1v) is 20.6. The predicted molar refractivity (Wildman–Crippen MR) is 235 cm³/mol. The first-order valence-electron chi connectivity index (χ1n) is 20.6. The van der Waals surface area contributed by atoms with Crippen LogP contribution >= 0.6 is 0 Å². The molecule has 5 aromatic carbocycles. The van der Waals surface area contributed by atoms with Gasteiger partial charge >= 0.3 is 0 Å². The molecule has 7 aromatic rings. The lowest BCUT2D eigenvalue weighted by Crippen LogP contribution is -2.24. The maximum absolute atomic E-state index is 6.93. The second kappa shape index (κ2) is 11.4. The topological polar surface area (TPSA) is 28.9 Å². The van der Waals surface area contributed by atoms with Crippen LogP contribution in [0.15, 0.2) is 161 Å². The van der Waals surface area contributed by atoms with E-state index in [0.717, 1.165) is 47.0 Å². The van der Waals surface area contributed by atoms with Gasteiger partial charge in [-0.2, -0.15) is 0 Å². The highest BCUT2D eigenvalue weighted by Crippen LogP contribution is 2.57. The van der Waals surface area contributed by atoms with Crippen molar-refractivity contribution in [1.29, 1.82) is 0 Å². The summed E-state index contributed by atoms with van der Waals surface area (Å²) in [6, 6.07) is 34.4. The molecular weight excluding hydrogens is 679 g/mol. The summed E-state index contributed by atoms with van der Waals surface area (Å²) in [5.74, 6) is 1.35. The van der Waals surface area contributed by atoms with E-state index in [-0.39, 0.29) is 10.8 Å². The summed E-state index contributed by atoms with van der Waals surface area (Å²) in [6.07, 6.45) is 22.3. The number of para-hydroxylation sites is 1. The highest BCUT2D eigenvalue weighted by atomic mass is 16.3. The summed E-state index contributed by atoms with van der Waals surface area (Å²) in [6.45, 7) is 9.71. The first-order chi connectivity index (χ1) is 27.2. The molecule has 5 aliphatic rings. The van der Waals surface area contributed by atoms with Crippen LogP contribution in [0.5, 0.6) is 0 Å². The van der Waals surface area contributed by atoms with Crippen molar-refractivity contribution in [2.45, 2.75) is 58.3 Å². The Morgan fingerprint density at radius 3 is 2.45 bits per heavy atom. The minimum atomic E-state index is -0.0246. The molecule has 5 aliphatic carbocycles. The SMILES string of the molecule is CC1(C)C2=C(CCC=C2)c2ccc(-c3cc(-c4ccc5[nH]c6ccccc6c5c4)c4oc5ccc(C6C=CC7=C(C6)C(C)(C)C6C=CC=CC76)cc5c4c3)cc21. The summed E-state index contributed by atoms with van der Waals surface area (Å²) < 4.78 is 6.93. The molecular formula is C54H45NO. The summed E-state index contributed by atoms with van der Waals surface area (Å²) in [5, 5.41) is 4.84. The van der Waals surface area contributed by atoms with Gasteiger partial charge in [-0.3, -0.25) is 0 Å². The predicted octanol–water partition coefficient (Wildman–Crippen LogP) is 14.7. The van der Waals surface area contributed by atoms with E-state index in [1.807, 2.05) is 0 Å². The molecule has 0 saturated carbocycles. The van der Waals surface area contributed by atoms with Crippen LogP contribution in [0, 0.1) is 17.3 Å². The lowest BCUT2D eigenvalue weighted by Gasteiger charge is -2.33. The van der Waals surface area contributed by atoms with Crippen LogP contribution in [0.2, 0.25) is 0 Å². The number of hydrogen-bond acceptors (Lipinski definition) is 1. The number of allylic oxidation sites excluding steroid dienone is 12. The Hall–Kier alpha value is -5.86. The molecule has 0 fully saturated rings. The van der Waals surface area contributed by atoms with Crippen molar-refractivity contribution in [1.82, 2.24) is 4.98 Å². The standard InChI is InChI=1S/C54H45NO/c1-53(2)45-14-8-5-11-36(45)38-21-17-32(29-47(38)53)31-20-24-51-43(25-31)44-28-35(33-18-22-39-37-12-6-9-15-46(37)54(3,4)48(39)30-33)27-41(52(44)56-51)34-19-23-50-42(26-34)40-13-7-10-16-49(40)55-50/h5,7-11,13-28,30,32,36,45,55H,6,12,29H2,1-4H3. The molecule has 0 spiro atoms. The Morgan fingerprint density at radius 2 is 1.52 bits per heavy atom. The number of aromatic nitrogens is 1. The van der Waals surface area contributed by atoms with Crippen molar-refractivity contribution in [3.05, 3.63) is 173 Å². The van der Waals surface area contributed by atoms with E-state index in [9.17, 15) is 0 Å². The van der Waals surface area contributed by atoms with E-state index in [4.69, 9.17) is 4.42 Å². The lowest BCUT2D eigenvalue weighted by molar-refractivity contribution is 0.308. The second-order valence-electron chi connectivity index (χ2n) is 18.1. The molecule has 272 valence electrons. The third kappa shape index (κ3) is 4.44. The van der Waals surface area contributed by atoms with Gasteiger partial charge in [-0.1, -0.05) is 124 Å². The zero-order valence-electron chi connectivity index (χ0n) is 32.5. The molecule has 3 unspecified atom stereocenters. The molecule has 2 heteroatoms. The van der Waals surface area contributed by atoms with Gasteiger partial charge in [0.1, 0.15) is 11.2 Å². The lowest BCUT2D eigenvalue weighted by atomic mass is 9.71. The number of H-pyrrole nitrogens is 1. The number of benzene rings is 5. The zero-order chi connectivity index (χ0) is 37.5. The van der Waals surface area contributed by atoms with Gasteiger partial charge in [0.15, 0.2) is 0 Å². The fourth-order valence-electron chi connectivity index (χ4n) is 11.4. The summed E-state index contributed by atoms with van der Waals surface area (Å²) >= 11 is 0. The average molecular weight is 724 g/mol. The number of fused-ring (bicyclic) bond motifs is 10. The fourth-order valence-corrected chi connectivity index (χ4v) is 11.4. The number of aromatic amines is 1. The van der Waals surface area contributed by atoms with Crippen molar-refractivity contribution in [2.75, 3.05) is 0 Å². The quantitative estimate of drug-likeness (QED) is 0.193. The van der Waals surface area contributed by atoms with Crippen molar-refractivity contribution in [3.63, 3.8) is 0 Å². The van der Waals surface area contributed by atoms with Gasteiger partial charge in [0.2, 0.25) is 0 Å². The summed E-state index contributed by atoms with van der Waals surface area (Å²) in [5.41, 5.74) is 19.5. The van der Waals surface area contributed by atoms with E-state index in [1.54, 1.807) is 5.57 Å². The molecule has 0 aliphatic heterocycles. The second-order valence-corrected chi connectivity index (χ2v) is 18.1. The number of rotatable bonds is 3. The van der Waals surface area contributed by atoms with E-state index >= 15 is 0 Å². The van der Waals surface area contributed by atoms with E-state index in [1.165, 1.54) is 71.6 Å². The van der Waals surface area contributed by atoms with Crippen molar-refractivity contribution < 1.29 is 4.42 Å². The maximum atomic E-state index is 6.93. The minimum absolute atomic E-state index is 0.0246. The van der Waals surface area contributed by atoms with Gasteiger partial charge in [-0.25, -0.2) is 0 Å². The van der Waals surface area contributed by atoms with Gasteiger partial charge in [0.05, 0.1) is 0 Å². The number of nitrogens with one attached hydrogen (secondary N) is 1. The summed E-state index contributed by atoms with van der Waals surface area (Å²) in [4.78, 5) is 3.63. The highest BCUT2D eigenvalue weighted by Gasteiger charge is 2.46. The van der Waals surface area contributed by atoms with Gasteiger partial charge in [0, 0.05) is 55.4 Å². The van der Waals surface area contributed by atoms with Crippen LogP contribution < -0.4 is 0 Å². The molecule has 2 nitrogen and oxygen atoms in total. The first kappa shape index (κ1) is 32.4. The van der Waals surface area contributed by atoms with Gasteiger partial charge in [0.25, 0.3) is 0 Å². The van der Waals surface area contributed by atoms with Crippen molar-refractivity contribution in [3.8, 4) is 22.3 Å². The van der Waals surface area contributed by atoms with Crippen LogP contribution in [0.1, 0.15) is 69.6 Å². The molecule has 2 aromatic heterocycles. The molecule has 12 rings (SSSR count). The van der Waals surface area contributed by atoms with Crippen molar-refractivity contribution in [2.24, 2.45) is 17.3 Å². The number of furan rings is 1. The van der Waals surface area contributed by atoms with Gasteiger partial charge in [-0.05, 0) is 129 Å². The third-order valence-electron chi connectivity index (χ3n) is 14.4. The number of hydrogen-bond donors (Lipinski definition) is 1. The molecule has 0 saturated heterocycles. The molecule has 1 N–H and O–H groups in total. The summed E-state index contributed by atoms with van der Waals surface area (Å²) in [7, 11) is 0. The van der Waals surface area contributed by atoms with Crippen LogP contribution in [-0.4, -0.2) is 4.98 Å². The fraction of sp³-hybridized carbons (Fsp3) is 0.222. The molecule has 0 amide bonds. The Morgan fingerprint density at radius 1 is 0.679 bits per heavy atom. The van der Waals surface area contributed by atoms with Crippen molar-refractivity contribution >= 4 is 49.3 Å². The van der Waals surface area contributed by atoms with E-state index < -0.39 is 0 Å². The molecule has 0 bridgehead atoms. The molecule has 2 heterocycles. The minimum Gasteiger partial charge on any atom is -0.455 e. The Kier molecular flexibility index (Phi) is 6.57. The normalized spacial score (nSPS) is 22.8. The Balaban J connectivity index is 1.03. The third-order valence-corrected chi connectivity index (χ3v) is 14.4. The van der Waals surface area contributed by atoms with Gasteiger partial charge in [-0.15, -0.1) is 0 Å². The highest BCUT2D eigenvalue weighted by molar-refractivity contribution is 6.13. The monoisotopic (exact) mass is 723 g/mol. The van der Waals surface area contributed by atoms with Crippen LogP contribution in [0.4, 0.5) is 0 Å². The maximum Gasteiger partial charge on any atom is 0.143 e. The van der Waals surface area contributed by atoms with Crippen LogP contribution in [0.3, 0.4) is 0 Å². The van der Waals surface area contributed by atoms with E-state index in [0.29, 0.717) is 17.8 Å². The van der Waals surface area contributed by atoms with Crippen LogP contribution in [-0.2, 0) is 5.41 Å². The smallest absolute Gasteiger partial charge is 0.143 e. The Bertz CT molecular complexity index is 3070. The molecule has 0 radical (unpaired) electrons. The largest absolute Gasteiger partial charge is 0.455 e. The van der Waals surface area contributed by atoms with E-state index in [2.05, 4.69) is 172 Å². The zero-order valence-corrected chi connectivity index (χ0v) is 32.5. The molecule has 3 atom stereocenters. The average Bonchev–Trinajstić information content (AvgIpc) is 3.92.